The van der Waals surface area contributed by atoms with Gasteiger partial charge < -0.3 is 10.0 Å². The molecule has 6 nitrogen and oxygen atoms in total. The van der Waals surface area contributed by atoms with Crippen molar-refractivity contribution in [3.05, 3.63) is 22.7 Å². The monoisotopic (exact) mass is 326 g/mol. The van der Waals surface area contributed by atoms with Crippen molar-refractivity contribution in [3.8, 4) is 0 Å². The molecule has 0 aliphatic carbocycles. The summed E-state index contributed by atoms with van der Waals surface area (Å²) >= 11 is 6.10. The fourth-order valence-electron chi connectivity index (χ4n) is 2.47. The molecule has 0 spiro atoms. The molecule has 1 saturated heterocycles. The highest BCUT2D eigenvalue weighted by atomic mass is 35.5. The van der Waals surface area contributed by atoms with Crippen molar-refractivity contribution in [1.82, 2.24) is 19.8 Å². The second-order valence-corrected chi connectivity index (χ2v) is 6.43. The topological polar surface area (TPSA) is 69.6 Å². The summed E-state index contributed by atoms with van der Waals surface area (Å²) in [6.45, 7) is 9.08. The maximum Gasteiger partial charge on any atom is 0.274 e. The van der Waals surface area contributed by atoms with Crippen molar-refractivity contribution < 1.29 is 9.90 Å². The fourth-order valence-corrected chi connectivity index (χ4v) is 2.64. The van der Waals surface area contributed by atoms with Crippen LogP contribution in [0, 0.1) is 0 Å². The van der Waals surface area contributed by atoms with Gasteiger partial charge in [0.15, 0.2) is 5.69 Å². The molecule has 1 atom stereocenters. The first-order valence-electron chi connectivity index (χ1n) is 7.60. The van der Waals surface area contributed by atoms with Gasteiger partial charge in [-0.25, -0.2) is 9.97 Å². The van der Waals surface area contributed by atoms with Crippen LogP contribution in [0.5, 0.6) is 0 Å². The molecule has 0 unspecified atom stereocenters. The molecule has 2 heterocycles. The van der Waals surface area contributed by atoms with Crippen molar-refractivity contribution in [3.63, 3.8) is 0 Å². The number of aromatic nitrogens is 2. The molecular weight excluding hydrogens is 304 g/mol. The van der Waals surface area contributed by atoms with Crippen LogP contribution in [0.2, 0.25) is 5.02 Å². The van der Waals surface area contributed by atoms with Crippen LogP contribution in [-0.4, -0.2) is 69.6 Å². The van der Waals surface area contributed by atoms with Crippen LogP contribution >= 0.6 is 11.6 Å². The molecule has 1 aliphatic rings. The highest BCUT2D eigenvalue weighted by Gasteiger charge is 2.25. The lowest BCUT2D eigenvalue weighted by Gasteiger charge is -2.35. The summed E-state index contributed by atoms with van der Waals surface area (Å²) in [4.78, 5) is 25.0. The van der Waals surface area contributed by atoms with E-state index in [0.29, 0.717) is 30.5 Å². The number of nitrogens with zero attached hydrogens (tertiary/aromatic N) is 4. The molecule has 1 amide bonds. The number of piperazine rings is 1. The van der Waals surface area contributed by atoms with Crippen LogP contribution in [-0.2, 0) is 0 Å². The second-order valence-electron chi connectivity index (χ2n) is 6.02. The molecule has 1 aliphatic heterocycles. The third-order valence-corrected chi connectivity index (χ3v) is 3.94. The van der Waals surface area contributed by atoms with Crippen molar-refractivity contribution in [2.24, 2.45) is 0 Å². The van der Waals surface area contributed by atoms with Gasteiger partial charge in [-0.05, 0) is 6.92 Å². The minimum absolute atomic E-state index is 0.145. The Morgan fingerprint density at radius 3 is 2.50 bits per heavy atom. The first-order valence-corrected chi connectivity index (χ1v) is 7.98. The summed E-state index contributed by atoms with van der Waals surface area (Å²) in [5.41, 5.74) is 0.282. The second kappa shape index (κ2) is 7.35. The number of rotatable bonds is 4. The SMILES string of the molecule is CC(C)c1ncc(Cl)c(C(=O)N2CCN(C[C@@H](C)O)CC2)n1. The fraction of sp³-hybridized carbons (Fsp3) is 0.667. The highest BCUT2D eigenvalue weighted by Crippen LogP contribution is 2.18. The van der Waals surface area contributed by atoms with Crippen LogP contribution in [0.1, 0.15) is 43.0 Å². The summed E-state index contributed by atoms with van der Waals surface area (Å²) in [5.74, 6) is 0.623. The summed E-state index contributed by atoms with van der Waals surface area (Å²) in [5, 5.41) is 9.71. The summed E-state index contributed by atoms with van der Waals surface area (Å²) in [6, 6.07) is 0. The molecular formula is C15H23ClN4O2. The zero-order valence-electron chi connectivity index (χ0n) is 13.3. The van der Waals surface area contributed by atoms with Gasteiger partial charge in [-0.2, -0.15) is 0 Å². The highest BCUT2D eigenvalue weighted by molar-refractivity contribution is 6.33. The van der Waals surface area contributed by atoms with Gasteiger partial charge in [-0.15, -0.1) is 0 Å². The Kier molecular flexibility index (Phi) is 5.72. The number of aliphatic hydroxyl groups is 1. The van der Waals surface area contributed by atoms with E-state index in [1.54, 1.807) is 11.8 Å². The van der Waals surface area contributed by atoms with Gasteiger partial charge in [0, 0.05) is 38.6 Å². The predicted octanol–water partition coefficient (Wildman–Crippen LogP) is 1.39. The minimum Gasteiger partial charge on any atom is -0.392 e. The molecule has 122 valence electrons. The average Bonchev–Trinajstić information content (AvgIpc) is 2.47. The number of hydrogen-bond donors (Lipinski definition) is 1. The molecule has 1 fully saturated rings. The van der Waals surface area contributed by atoms with Gasteiger partial charge in [-0.3, -0.25) is 9.69 Å². The van der Waals surface area contributed by atoms with Gasteiger partial charge in [0.25, 0.3) is 5.91 Å². The Hall–Kier alpha value is -1.24. The standard InChI is InChI=1S/C15H23ClN4O2/c1-10(2)14-17-8-12(16)13(18-14)15(22)20-6-4-19(5-7-20)9-11(3)21/h8,10-11,21H,4-7,9H2,1-3H3/t11-/m1/s1. The number of hydrogen-bond acceptors (Lipinski definition) is 5. The van der Waals surface area contributed by atoms with E-state index in [2.05, 4.69) is 14.9 Å². The van der Waals surface area contributed by atoms with E-state index in [0.717, 1.165) is 13.1 Å². The Bertz CT molecular complexity index is 528. The number of aliphatic hydroxyl groups excluding tert-OH is 1. The van der Waals surface area contributed by atoms with E-state index in [9.17, 15) is 9.90 Å². The summed E-state index contributed by atoms with van der Waals surface area (Å²) in [6.07, 6.45) is 1.15. The first-order chi connectivity index (χ1) is 10.4. The Labute approximate surface area is 136 Å². The predicted molar refractivity (Wildman–Crippen MR) is 85.2 cm³/mol. The molecule has 0 radical (unpaired) electrons. The molecule has 0 saturated carbocycles. The molecule has 0 bridgehead atoms. The summed E-state index contributed by atoms with van der Waals surface area (Å²) in [7, 11) is 0. The van der Waals surface area contributed by atoms with Crippen LogP contribution in [0.25, 0.3) is 0 Å². The lowest BCUT2D eigenvalue weighted by molar-refractivity contribution is 0.0549. The Balaban J connectivity index is 2.05. The normalized spacial score (nSPS) is 17.8. The van der Waals surface area contributed by atoms with Gasteiger partial charge in [-0.1, -0.05) is 25.4 Å². The zero-order chi connectivity index (χ0) is 16.3. The maximum atomic E-state index is 12.6. The van der Waals surface area contributed by atoms with Crippen molar-refractivity contribution in [1.29, 1.82) is 0 Å². The number of halogens is 1. The van der Waals surface area contributed by atoms with Crippen LogP contribution < -0.4 is 0 Å². The number of carbonyl (C=O) groups excluding carboxylic acids is 1. The third-order valence-electron chi connectivity index (χ3n) is 3.66. The largest absolute Gasteiger partial charge is 0.392 e. The van der Waals surface area contributed by atoms with Crippen molar-refractivity contribution >= 4 is 17.5 Å². The Morgan fingerprint density at radius 2 is 1.95 bits per heavy atom. The smallest absolute Gasteiger partial charge is 0.274 e. The summed E-state index contributed by atoms with van der Waals surface area (Å²) < 4.78 is 0. The molecule has 1 N–H and O–H groups in total. The van der Waals surface area contributed by atoms with Gasteiger partial charge in [0.1, 0.15) is 5.82 Å². The zero-order valence-corrected chi connectivity index (χ0v) is 14.0. The minimum atomic E-state index is -0.354. The molecule has 2 rings (SSSR count). The number of carbonyl (C=O) groups is 1. The lowest BCUT2D eigenvalue weighted by atomic mass is 10.2. The molecule has 22 heavy (non-hydrogen) atoms. The van der Waals surface area contributed by atoms with Crippen LogP contribution in [0.4, 0.5) is 0 Å². The lowest BCUT2D eigenvalue weighted by Crippen LogP contribution is -2.50. The number of β-amino-alcohol motifs (C(OH)–C–C–N with tert-alkyl or cyclic N) is 1. The quantitative estimate of drug-likeness (QED) is 0.905. The maximum absolute atomic E-state index is 12.6. The van der Waals surface area contributed by atoms with Gasteiger partial charge >= 0.3 is 0 Å². The molecule has 7 heteroatoms. The molecule has 0 aromatic carbocycles. The van der Waals surface area contributed by atoms with Gasteiger partial charge in [0.05, 0.1) is 17.3 Å². The van der Waals surface area contributed by atoms with E-state index in [1.165, 1.54) is 6.20 Å². The van der Waals surface area contributed by atoms with Crippen LogP contribution in [0.15, 0.2) is 6.20 Å². The Morgan fingerprint density at radius 1 is 1.32 bits per heavy atom. The van der Waals surface area contributed by atoms with E-state index in [4.69, 9.17) is 11.6 Å². The molecule has 1 aromatic rings. The van der Waals surface area contributed by atoms with E-state index >= 15 is 0 Å². The van der Waals surface area contributed by atoms with E-state index in [-0.39, 0.29) is 23.6 Å². The number of amides is 1. The van der Waals surface area contributed by atoms with Crippen LogP contribution in [0.3, 0.4) is 0 Å². The molecule has 1 aromatic heterocycles. The third kappa shape index (κ3) is 4.15. The average molecular weight is 327 g/mol. The first kappa shape index (κ1) is 17.1. The van der Waals surface area contributed by atoms with E-state index < -0.39 is 0 Å². The van der Waals surface area contributed by atoms with E-state index in [1.807, 2.05) is 13.8 Å². The van der Waals surface area contributed by atoms with Gasteiger partial charge in [0.2, 0.25) is 0 Å². The van der Waals surface area contributed by atoms with Crippen molar-refractivity contribution in [2.75, 3.05) is 32.7 Å². The van der Waals surface area contributed by atoms with Crippen molar-refractivity contribution in [2.45, 2.75) is 32.8 Å².